The summed E-state index contributed by atoms with van der Waals surface area (Å²) in [6.07, 6.45) is 4.60. The Morgan fingerprint density at radius 3 is 2.44 bits per heavy atom. The molecule has 1 aromatic rings. The van der Waals surface area contributed by atoms with Crippen molar-refractivity contribution in [2.45, 2.75) is 65.1 Å². The zero-order chi connectivity index (χ0) is 13.3. The van der Waals surface area contributed by atoms with E-state index < -0.39 is 0 Å². The lowest BCUT2D eigenvalue weighted by Gasteiger charge is -2.25. The molecule has 2 rings (SSSR count). The van der Waals surface area contributed by atoms with Gasteiger partial charge in [0.05, 0.1) is 17.8 Å². The highest BCUT2D eigenvalue weighted by Gasteiger charge is 2.30. The first-order chi connectivity index (χ1) is 8.38. The Morgan fingerprint density at radius 1 is 1.28 bits per heavy atom. The summed E-state index contributed by atoms with van der Waals surface area (Å²) in [5.74, 6) is 1.63. The molecule has 0 radical (unpaired) electrons. The lowest BCUT2D eigenvalue weighted by molar-refractivity contribution is 0.221. The first-order valence-corrected chi connectivity index (χ1v) is 6.70. The maximum absolute atomic E-state index is 5.99. The molecule has 0 bridgehead atoms. The van der Waals surface area contributed by atoms with Gasteiger partial charge in [-0.15, -0.1) is 0 Å². The third kappa shape index (κ3) is 3.15. The Kier molecular flexibility index (Phi) is 3.51. The lowest BCUT2D eigenvalue weighted by atomic mass is 9.87. The average Bonchev–Trinajstić information content (AvgIpc) is 2.98. The molecule has 18 heavy (non-hydrogen) atoms. The molecule has 1 aliphatic rings. The van der Waals surface area contributed by atoms with Crippen LogP contribution in [0.4, 0.5) is 0 Å². The molecule has 3 heteroatoms. The zero-order valence-corrected chi connectivity index (χ0v) is 12.0. The van der Waals surface area contributed by atoms with Gasteiger partial charge in [-0.1, -0.05) is 20.8 Å². The van der Waals surface area contributed by atoms with Gasteiger partial charge in [-0.05, 0) is 38.2 Å². The number of hydrogen-bond acceptors (Lipinski definition) is 3. The quantitative estimate of drug-likeness (QED) is 0.815. The molecule has 1 aromatic heterocycles. The van der Waals surface area contributed by atoms with E-state index in [1.807, 2.05) is 19.9 Å². The molecule has 1 saturated carbocycles. The molecule has 1 fully saturated rings. The van der Waals surface area contributed by atoms with Crippen molar-refractivity contribution in [3.63, 3.8) is 0 Å². The lowest BCUT2D eigenvalue weighted by Crippen LogP contribution is -2.19. The number of rotatable bonds is 4. The fourth-order valence-electron chi connectivity index (χ4n) is 1.89. The van der Waals surface area contributed by atoms with E-state index in [2.05, 4.69) is 25.8 Å². The summed E-state index contributed by atoms with van der Waals surface area (Å²) >= 11 is 0. The van der Waals surface area contributed by atoms with Gasteiger partial charge < -0.3 is 9.47 Å². The highest BCUT2D eigenvalue weighted by molar-refractivity contribution is 5.45. The summed E-state index contributed by atoms with van der Waals surface area (Å²) in [4.78, 5) is 4.37. The zero-order valence-electron chi connectivity index (χ0n) is 12.0. The second kappa shape index (κ2) is 4.79. The Labute approximate surface area is 110 Å². The Hall–Kier alpha value is -1.25. The van der Waals surface area contributed by atoms with Crippen LogP contribution in [0.2, 0.25) is 0 Å². The second-order valence-corrected chi connectivity index (χ2v) is 6.22. The van der Waals surface area contributed by atoms with Crippen LogP contribution in [0.5, 0.6) is 11.6 Å². The topological polar surface area (TPSA) is 31.4 Å². The van der Waals surface area contributed by atoms with Gasteiger partial charge in [-0.2, -0.15) is 0 Å². The molecule has 0 spiro atoms. The molecule has 1 heterocycles. The SMILES string of the molecule is CC(C)Oc1nccc(OC2CC2)c1C(C)(C)C. The molecule has 0 N–H and O–H groups in total. The van der Waals surface area contributed by atoms with Gasteiger partial charge in [0, 0.05) is 6.20 Å². The monoisotopic (exact) mass is 249 g/mol. The number of pyridine rings is 1. The number of ether oxygens (including phenoxy) is 2. The van der Waals surface area contributed by atoms with E-state index in [-0.39, 0.29) is 11.5 Å². The van der Waals surface area contributed by atoms with Gasteiger partial charge >= 0.3 is 0 Å². The van der Waals surface area contributed by atoms with Crippen molar-refractivity contribution in [2.24, 2.45) is 0 Å². The summed E-state index contributed by atoms with van der Waals surface area (Å²) in [6, 6.07) is 1.95. The second-order valence-electron chi connectivity index (χ2n) is 6.22. The van der Waals surface area contributed by atoms with Crippen LogP contribution in [0, 0.1) is 0 Å². The standard InChI is InChI=1S/C15H23NO2/c1-10(2)17-14-13(15(3,4)5)12(8-9-16-14)18-11-6-7-11/h8-11H,6-7H2,1-5H3. The van der Waals surface area contributed by atoms with Gasteiger partial charge in [0.1, 0.15) is 5.75 Å². The van der Waals surface area contributed by atoms with Crippen LogP contribution in [0.3, 0.4) is 0 Å². The van der Waals surface area contributed by atoms with Crippen LogP contribution in [0.15, 0.2) is 12.3 Å². The predicted molar refractivity (Wildman–Crippen MR) is 72.4 cm³/mol. The maximum atomic E-state index is 5.99. The van der Waals surface area contributed by atoms with Crippen LogP contribution in [0.1, 0.15) is 53.0 Å². The minimum absolute atomic E-state index is 0.0390. The van der Waals surface area contributed by atoms with Gasteiger partial charge in [-0.3, -0.25) is 0 Å². The normalized spacial score (nSPS) is 15.9. The summed E-state index contributed by atoms with van der Waals surface area (Å²) < 4.78 is 11.8. The summed E-state index contributed by atoms with van der Waals surface area (Å²) in [7, 11) is 0. The first-order valence-electron chi connectivity index (χ1n) is 6.70. The maximum Gasteiger partial charge on any atom is 0.221 e. The molecule has 0 aromatic carbocycles. The minimum atomic E-state index is -0.0390. The van der Waals surface area contributed by atoms with Crippen molar-refractivity contribution in [1.82, 2.24) is 4.98 Å². The van der Waals surface area contributed by atoms with Gasteiger partial charge in [-0.25, -0.2) is 4.98 Å². The summed E-state index contributed by atoms with van der Waals surface area (Å²) in [5, 5.41) is 0. The minimum Gasteiger partial charge on any atom is -0.490 e. The van der Waals surface area contributed by atoms with E-state index in [1.165, 1.54) is 0 Å². The van der Waals surface area contributed by atoms with E-state index in [0.29, 0.717) is 12.0 Å². The van der Waals surface area contributed by atoms with Crippen molar-refractivity contribution in [3.05, 3.63) is 17.8 Å². The Morgan fingerprint density at radius 2 is 1.94 bits per heavy atom. The smallest absolute Gasteiger partial charge is 0.221 e. The average molecular weight is 249 g/mol. The van der Waals surface area contributed by atoms with Crippen LogP contribution >= 0.6 is 0 Å². The van der Waals surface area contributed by atoms with Gasteiger partial charge in [0.25, 0.3) is 0 Å². The molecule has 0 amide bonds. The van der Waals surface area contributed by atoms with E-state index in [0.717, 1.165) is 24.2 Å². The van der Waals surface area contributed by atoms with Crippen LogP contribution < -0.4 is 9.47 Å². The van der Waals surface area contributed by atoms with E-state index in [9.17, 15) is 0 Å². The van der Waals surface area contributed by atoms with Crippen molar-refractivity contribution >= 4 is 0 Å². The predicted octanol–water partition coefficient (Wildman–Crippen LogP) is 3.71. The molecular weight excluding hydrogens is 226 g/mol. The van der Waals surface area contributed by atoms with Crippen LogP contribution in [0.25, 0.3) is 0 Å². The van der Waals surface area contributed by atoms with Crippen molar-refractivity contribution < 1.29 is 9.47 Å². The molecule has 0 aliphatic heterocycles. The number of hydrogen-bond donors (Lipinski definition) is 0. The third-order valence-corrected chi connectivity index (χ3v) is 2.79. The third-order valence-electron chi connectivity index (χ3n) is 2.79. The number of aromatic nitrogens is 1. The molecule has 100 valence electrons. The highest BCUT2D eigenvalue weighted by Crippen LogP contribution is 2.40. The Balaban J connectivity index is 2.38. The molecule has 0 unspecified atom stereocenters. The van der Waals surface area contributed by atoms with Gasteiger partial charge in [0.15, 0.2) is 0 Å². The Bertz CT molecular complexity index is 395. The molecular formula is C15H23NO2. The fourth-order valence-corrected chi connectivity index (χ4v) is 1.89. The highest BCUT2D eigenvalue weighted by atomic mass is 16.5. The van der Waals surface area contributed by atoms with Crippen LogP contribution in [-0.2, 0) is 5.41 Å². The number of nitrogens with zero attached hydrogens (tertiary/aromatic N) is 1. The van der Waals surface area contributed by atoms with E-state index >= 15 is 0 Å². The van der Waals surface area contributed by atoms with E-state index in [1.54, 1.807) is 6.20 Å². The first kappa shape index (κ1) is 13.2. The fraction of sp³-hybridized carbons (Fsp3) is 0.667. The van der Waals surface area contributed by atoms with Crippen molar-refractivity contribution in [1.29, 1.82) is 0 Å². The molecule has 3 nitrogen and oxygen atoms in total. The van der Waals surface area contributed by atoms with Crippen LogP contribution in [-0.4, -0.2) is 17.2 Å². The van der Waals surface area contributed by atoms with Crippen molar-refractivity contribution in [3.8, 4) is 11.6 Å². The molecule has 0 saturated heterocycles. The molecule has 0 atom stereocenters. The van der Waals surface area contributed by atoms with Crippen molar-refractivity contribution in [2.75, 3.05) is 0 Å². The summed E-state index contributed by atoms with van der Waals surface area (Å²) in [5.41, 5.74) is 1.04. The largest absolute Gasteiger partial charge is 0.490 e. The van der Waals surface area contributed by atoms with E-state index in [4.69, 9.17) is 9.47 Å². The summed E-state index contributed by atoms with van der Waals surface area (Å²) in [6.45, 7) is 10.5. The van der Waals surface area contributed by atoms with Gasteiger partial charge in [0.2, 0.25) is 5.88 Å². The molecule has 1 aliphatic carbocycles.